The molecule has 0 spiro atoms. The fourth-order valence-corrected chi connectivity index (χ4v) is 4.63. The number of ether oxygens (including phenoxy) is 1. The predicted octanol–water partition coefficient (Wildman–Crippen LogP) is 2.79. The highest BCUT2D eigenvalue weighted by molar-refractivity contribution is 5.98. The molecule has 4 rings (SSSR count). The maximum Gasteiger partial charge on any atom is 0.253 e. The van der Waals surface area contributed by atoms with Crippen LogP contribution in [0.15, 0.2) is 67.1 Å². The van der Waals surface area contributed by atoms with Crippen LogP contribution >= 0.6 is 0 Å². The van der Waals surface area contributed by atoms with Gasteiger partial charge in [0.25, 0.3) is 11.8 Å². The van der Waals surface area contributed by atoms with Crippen molar-refractivity contribution in [1.82, 2.24) is 19.8 Å². The highest BCUT2D eigenvalue weighted by atomic mass is 19.1. The Morgan fingerprint density at radius 1 is 1.05 bits per heavy atom. The Morgan fingerprint density at radius 2 is 1.71 bits per heavy atom. The van der Waals surface area contributed by atoms with Gasteiger partial charge in [-0.25, -0.2) is 9.37 Å². The van der Waals surface area contributed by atoms with Crippen molar-refractivity contribution in [3.8, 4) is 0 Å². The molecule has 2 atom stereocenters. The van der Waals surface area contributed by atoms with E-state index in [0.29, 0.717) is 18.7 Å². The number of halogens is 1. The van der Waals surface area contributed by atoms with Crippen LogP contribution in [0, 0.1) is 5.82 Å². The molecule has 3 amide bonds. The zero-order chi connectivity index (χ0) is 29.6. The van der Waals surface area contributed by atoms with Gasteiger partial charge in [0.15, 0.2) is 5.82 Å². The fourth-order valence-electron chi connectivity index (χ4n) is 4.63. The van der Waals surface area contributed by atoms with Crippen molar-refractivity contribution in [2.24, 2.45) is 5.73 Å². The van der Waals surface area contributed by atoms with Crippen molar-refractivity contribution in [3.63, 3.8) is 0 Å². The Balaban J connectivity index is 1.54. The number of amides is 3. The minimum Gasteiger partial charge on any atom is -0.374 e. The first-order valence-electron chi connectivity index (χ1n) is 13.6. The lowest BCUT2D eigenvalue weighted by Crippen LogP contribution is -2.56. The van der Waals surface area contributed by atoms with Crippen molar-refractivity contribution in [3.05, 3.63) is 84.1 Å². The third-order valence-corrected chi connectivity index (χ3v) is 7.17. The van der Waals surface area contributed by atoms with Crippen LogP contribution in [0.5, 0.6) is 0 Å². The molecule has 1 aliphatic rings. The zero-order valence-corrected chi connectivity index (χ0v) is 23.6. The summed E-state index contributed by atoms with van der Waals surface area (Å²) in [5.41, 5.74) is 4.98. The molecule has 1 aromatic heterocycles. The van der Waals surface area contributed by atoms with Gasteiger partial charge in [-0.2, -0.15) is 0 Å². The highest BCUT2D eigenvalue weighted by Crippen LogP contribution is 2.31. The molecule has 3 aromatic rings. The molecule has 0 radical (unpaired) electrons. The van der Waals surface area contributed by atoms with Gasteiger partial charge in [0.2, 0.25) is 5.91 Å². The minimum absolute atomic E-state index is 0.107. The SMILES string of the molecule is CC(C)(N)C(=O)NC(COCc1ccccc1)C(=O)Nc1cn(C(C)(C(=O)N2CCCC2)c2ccc(F)cc2)cn1. The van der Waals surface area contributed by atoms with Gasteiger partial charge >= 0.3 is 0 Å². The molecule has 10 nitrogen and oxygen atoms in total. The van der Waals surface area contributed by atoms with Crippen LogP contribution in [0.3, 0.4) is 0 Å². The second kappa shape index (κ2) is 12.6. The number of carbonyl (C=O) groups is 3. The third-order valence-electron chi connectivity index (χ3n) is 7.17. The van der Waals surface area contributed by atoms with E-state index in [1.54, 1.807) is 34.7 Å². The Hall–Kier alpha value is -4.09. The molecule has 41 heavy (non-hydrogen) atoms. The molecule has 1 saturated heterocycles. The van der Waals surface area contributed by atoms with E-state index in [1.165, 1.54) is 32.3 Å². The van der Waals surface area contributed by atoms with E-state index in [2.05, 4.69) is 15.6 Å². The number of hydrogen-bond acceptors (Lipinski definition) is 6. The molecular weight excluding hydrogens is 527 g/mol. The summed E-state index contributed by atoms with van der Waals surface area (Å²) < 4.78 is 21.1. The first-order chi connectivity index (χ1) is 19.5. The van der Waals surface area contributed by atoms with Gasteiger partial charge in [-0.05, 0) is 56.9 Å². The van der Waals surface area contributed by atoms with Gasteiger partial charge in [0.05, 0.1) is 25.1 Å². The quantitative estimate of drug-likeness (QED) is 0.328. The number of nitrogens with one attached hydrogen (secondary N) is 2. The highest BCUT2D eigenvalue weighted by Gasteiger charge is 2.41. The van der Waals surface area contributed by atoms with E-state index in [1.807, 2.05) is 30.3 Å². The summed E-state index contributed by atoms with van der Waals surface area (Å²) in [7, 11) is 0. The number of aromatic nitrogens is 2. The zero-order valence-electron chi connectivity index (χ0n) is 23.6. The number of imidazole rings is 1. The Bertz CT molecular complexity index is 1350. The summed E-state index contributed by atoms with van der Waals surface area (Å²) in [6.45, 7) is 6.23. The van der Waals surface area contributed by atoms with Gasteiger partial charge < -0.3 is 30.6 Å². The predicted molar refractivity (Wildman–Crippen MR) is 152 cm³/mol. The number of anilines is 1. The largest absolute Gasteiger partial charge is 0.374 e. The van der Waals surface area contributed by atoms with Gasteiger partial charge in [0, 0.05) is 19.3 Å². The standard InChI is InChI=1S/C30H37FN6O4/c1-29(2,32)27(39)34-24(19-41-18-21-9-5-4-6-10-21)26(38)35-25-17-37(20-33-25)30(3,22-11-13-23(31)14-12-22)28(40)36-15-7-8-16-36/h4-6,9-14,17,20,24H,7-8,15-16,18-19,32H2,1-3H3,(H,34,39)(H,35,38). The monoisotopic (exact) mass is 564 g/mol. The Labute approximate surface area is 239 Å². The smallest absolute Gasteiger partial charge is 0.253 e. The molecule has 2 unspecified atom stereocenters. The van der Waals surface area contributed by atoms with Gasteiger partial charge in [0.1, 0.15) is 17.4 Å². The summed E-state index contributed by atoms with van der Waals surface area (Å²) in [4.78, 5) is 45.8. The normalized spacial score (nSPS) is 15.7. The molecule has 4 N–H and O–H groups in total. The van der Waals surface area contributed by atoms with E-state index in [4.69, 9.17) is 10.5 Å². The van der Waals surface area contributed by atoms with Crippen LogP contribution in [-0.4, -0.2) is 63.4 Å². The minimum atomic E-state index is -1.23. The van der Waals surface area contributed by atoms with Gasteiger partial charge in [-0.15, -0.1) is 0 Å². The molecule has 218 valence electrons. The average molecular weight is 565 g/mol. The lowest BCUT2D eigenvalue weighted by Gasteiger charge is -2.34. The van der Waals surface area contributed by atoms with Crippen LogP contribution in [0.1, 0.15) is 44.7 Å². The summed E-state index contributed by atoms with van der Waals surface area (Å²) in [5.74, 6) is -1.47. The lowest BCUT2D eigenvalue weighted by atomic mass is 9.90. The first kappa shape index (κ1) is 29.9. The fraction of sp³-hybridized carbons (Fsp3) is 0.400. The number of nitrogens with two attached hydrogens (primary N) is 1. The number of benzene rings is 2. The first-order valence-corrected chi connectivity index (χ1v) is 13.6. The maximum absolute atomic E-state index is 13.8. The molecule has 0 bridgehead atoms. The number of hydrogen-bond donors (Lipinski definition) is 3. The number of likely N-dealkylation sites (tertiary alicyclic amines) is 1. The molecule has 11 heteroatoms. The average Bonchev–Trinajstić information content (AvgIpc) is 3.65. The number of nitrogens with zero attached hydrogens (tertiary/aromatic N) is 3. The molecule has 2 aromatic carbocycles. The third kappa shape index (κ3) is 7.17. The second-order valence-corrected chi connectivity index (χ2v) is 11.0. The van der Waals surface area contributed by atoms with E-state index in [0.717, 1.165) is 18.4 Å². The lowest BCUT2D eigenvalue weighted by molar-refractivity contribution is -0.137. The van der Waals surface area contributed by atoms with Crippen molar-refractivity contribution >= 4 is 23.5 Å². The molecule has 1 aliphatic heterocycles. The number of rotatable bonds is 11. The van der Waals surface area contributed by atoms with Crippen molar-refractivity contribution in [2.75, 3.05) is 25.0 Å². The topological polar surface area (TPSA) is 132 Å². The van der Waals surface area contributed by atoms with E-state index < -0.39 is 34.8 Å². The molecule has 0 aliphatic carbocycles. The molecular formula is C30H37FN6O4. The van der Waals surface area contributed by atoms with Crippen LogP contribution in [-0.2, 0) is 31.3 Å². The Kier molecular flexibility index (Phi) is 9.19. The van der Waals surface area contributed by atoms with E-state index in [-0.39, 0.29) is 24.9 Å². The molecule has 2 heterocycles. The summed E-state index contributed by atoms with van der Waals surface area (Å²) >= 11 is 0. The van der Waals surface area contributed by atoms with E-state index >= 15 is 0 Å². The summed E-state index contributed by atoms with van der Waals surface area (Å²) in [6.07, 6.45) is 4.83. The Morgan fingerprint density at radius 3 is 2.34 bits per heavy atom. The van der Waals surface area contributed by atoms with Crippen LogP contribution in [0.4, 0.5) is 10.2 Å². The van der Waals surface area contributed by atoms with Crippen molar-refractivity contribution in [1.29, 1.82) is 0 Å². The van der Waals surface area contributed by atoms with Gasteiger partial charge in [-0.3, -0.25) is 14.4 Å². The second-order valence-electron chi connectivity index (χ2n) is 11.0. The number of carbonyl (C=O) groups excluding carboxylic acids is 3. The summed E-state index contributed by atoms with van der Waals surface area (Å²) in [5, 5.41) is 5.37. The van der Waals surface area contributed by atoms with Gasteiger partial charge in [-0.1, -0.05) is 42.5 Å². The maximum atomic E-state index is 13.8. The van der Waals surface area contributed by atoms with Crippen LogP contribution in [0.2, 0.25) is 0 Å². The van der Waals surface area contributed by atoms with Crippen molar-refractivity contribution in [2.45, 2.75) is 57.3 Å². The van der Waals surface area contributed by atoms with Crippen molar-refractivity contribution < 1.29 is 23.5 Å². The van der Waals surface area contributed by atoms with Crippen LogP contribution < -0.4 is 16.4 Å². The van der Waals surface area contributed by atoms with E-state index in [9.17, 15) is 18.8 Å². The van der Waals surface area contributed by atoms with Crippen LogP contribution in [0.25, 0.3) is 0 Å². The summed E-state index contributed by atoms with van der Waals surface area (Å²) in [6, 6.07) is 14.2. The molecule has 1 fully saturated rings. The molecule has 0 saturated carbocycles.